The third kappa shape index (κ3) is 5.09. The maximum Gasteiger partial charge on any atom is 0.408 e. The molecular formula is C27H25NO6. The van der Waals surface area contributed by atoms with E-state index in [9.17, 15) is 14.4 Å². The minimum atomic E-state index is -0.882. The highest BCUT2D eigenvalue weighted by Gasteiger charge is 2.23. The first-order valence-electron chi connectivity index (χ1n) is 11.1. The van der Waals surface area contributed by atoms with Crippen molar-refractivity contribution in [2.45, 2.75) is 39.3 Å². The number of rotatable bonds is 7. The fourth-order valence-corrected chi connectivity index (χ4v) is 3.87. The fourth-order valence-electron chi connectivity index (χ4n) is 3.87. The molecule has 0 aliphatic carbocycles. The molecule has 0 bridgehead atoms. The normalized spacial score (nSPS) is 11.8. The molecular weight excluding hydrogens is 434 g/mol. The number of alkyl carbamates (subject to hydrolysis) is 1. The van der Waals surface area contributed by atoms with Gasteiger partial charge in [0.15, 0.2) is 0 Å². The number of carbonyl (C=O) groups is 2. The molecule has 1 aromatic heterocycles. The molecule has 0 unspecified atom stereocenters. The van der Waals surface area contributed by atoms with Gasteiger partial charge in [0.05, 0.1) is 5.39 Å². The summed E-state index contributed by atoms with van der Waals surface area (Å²) in [7, 11) is 0. The Balaban J connectivity index is 1.51. The predicted octanol–water partition coefficient (Wildman–Crippen LogP) is 5.26. The Kier molecular flexibility index (Phi) is 6.92. The van der Waals surface area contributed by atoms with Gasteiger partial charge in [0, 0.05) is 16.8 Å². The third-order valence-corrected chi connectivity index (χ3v) is 5.48. The minimum absolute atomic E-state index is 0.0947. The highest BCUT2D eigenvalue weighted by molar-refractivity contribution is 6.06. The largest absolute Gasteiger partial charge is 0.445 e. The van der Waals surface area contributed by atoms with Gasteiger partial charge in [-0.2, -0.15) is 0 Å². The van der Waals surface area contributed by atoms with Crippen LogP contribution in [-0.4, -0.2) is 18.1 Å². The monoisotopic (exact) mass is 459 g/mol. The molecule has 1 atom stereocenters. The van der Waals surface area contributed by atoms with Crippen LogP contribution in [0.2, 0.25) is 0 Å². The molecule has 174 valence electrons. The first-order valence-corrected chi connectivity index (χ1v) is 11.1. The molecule has 0 fully saturated rings. The number of esters is 1. The van der Waals surface area contributed by atoms with E-state index in [1.54, 1.807) is 18.2 Å². The van der Waals surface area contributed by atoms with Crippen molar-refractivity contribution in [3.63, 3.8) is 0 Å². The van der Waals surface area contributed by atoms with Crippen LogP contribution in [0.1, 0.15) is 30.9 Å². The molecule has 1 amide bonds. The van der Waals surface area contributed by atoms with Crippen LogP contribution in [0.25, 0.3) is 21.7 Å². The van der Waals surface area contributed by atoms with Crippen LogP contribution >= 0.6 is 0 Å². The summed E-state index contributed by atoms with van der Waals surface area (Å²) in [6, 6.07) is 18.8. The van der Waals surface area contributed by atoms with E-state index in [4.69, 9.17) is 13.9 Å². The van der Waals surface area contributed by atoms with Crippen LogP contribution in [0, 0.1) is 6.92 Å². The number of benzene rings is 3. The van der Waals surface area contributed by atoms with Gasteiger partial charge in [-0.05, 0) is 36.6 Å². The molecule has 1 N–H and O–H groups in total. The lowest BCUT2D eigenvalue weighted by molar-refractivity contribution is -0.136. The summed E-state index contributed by atoms with van der Waals surface area (Å²) in [6.07, 6.45) is 0.327. The zero-order valence-corrected chi connectivity index (χ0v) is 19.0. The lowest BCUT2D eigenvalue weighted by Gasteiger charge is -2.17. The number of fused-ring (bicyclic) bond motifs is 3. The fraction of sp³-hybridized carbons (Fsp3) is 0.222. The molecule has 0 aliphatic rings. The summed E-state index contributed by atoms with van der Waals surface area (Å²) in [6.45, 7) is 3.85. The summed E-state index contributed by atoms with van der Waals surface area (Å²) in [5.74, 6) is -0.394. The van der Waals surface area contributed by atoms with Crippen molar-refractivity contribution >= 4 is 33.8 Å². The van der Waals surface area contributed by atoms with Gasteiger partial charge in [-0.3, -0.25) is 0 Å². The van der Waals surface area contributed by atoms with E-state index in [2.05, 4.69) is 5.32 Å². The van der Waals surface area contributed by atoms with Crippen LogP contribution in [0.3, 0.4) is 0 Å². The van der Waals surface area contributed by atoms with Crippen LogP contribution in [0.4, 0.5) is 4.79 Å². The number of carbonyl (C=O) groups excluding carboxylic acids is 2. The summed E-state index contributed by atoms with van der Waals surface area (Å²) in [5.41, 5.74) is 1.50. The second-order valence-electron chi connectivity index (χ2n) is 8.02. The molecule has 4 rings (SSSR count). The molecule has 3 aromatic carbocycles. The average molecular weight is 459 g/mol. The smallest absolute Gasteiger partial charge is 0.408 e. The van der Waals surface area contributed by atoms with Crippen molar-refractivity contribution in [1.29, 1.82) is 0 Å². The Morgan fingerprint density at radius 3 is 2.44 bits per heavy atom. The van der Waals surface area contributed by atoms with Gasteiger partial charge >= 0.3 is 17.7 Å². The van der Waals surface area contributed by atoms with E-state index in [1.165, 1.54) is 6.07 Å². The molecule has 7 heteroatoms. The summed E-state index contributed by atoms with van der Waals surface area (Å²) >= 11 is 0. The molecule has 0 radical (unpaired) electrons. The molecule has 4 aromatic rings. The van der Waals surface area contributed by atoms with Crippen LogP contribution in [-0.2, 0) is 16.1 Å². The molecule has 0 saturated carbocycles. The van der Waals surface area contributed by atoms with E-state index < -0.39 is 23.7 Å². The van der Waals surface area contributed by atoms with E-state index in [0.29, 0.717) is 23.8 Å². The lowest BCUT2D eigenvalue weighted by atomic mass is 10.0. The molecule has 7 nitrogen and oxygen atoms in total. The van der Waals surface area contributed by atoms with Crippen LogP contribution in [0.5, 0.6) is 5.75 Å². The highest BCUT2D eigenvalue weighted by atomic mass is 16.6. The molecule has 0 spiro atoms. The van der Waals surface area contributed by atoms with Gasteiger partial charge in [-0.15, -0.1) is 0 Å². The first-order chi connectivity index (χ1) is 16.5. The maximum atomic E-state index is 12.9. The third-order valence-electron chi connectivity index (χ3n) is 5.48. The number of aryl methyl sites for hydroxylation is 1. The standard InChI is InChI=1S/C27H25NO6/c1-3-9-22(28-27(31)32-16-18-10-5-4-6-11-18)26(30)33-19-14-17(2)24-20-12-7-8-13-21(20)25(29)34-23(24)15-19/h4-8,10-15,22H,3,9,16H2,1-2H3,(H,28,31)/t22-/m1/s1. The van der Waals surface area contributed by atoms with E-state index >= 15 is 0 Å². The second kappa shape index (κ2) is 10.2. The minimum Gasteiger partial charge on any atom is -0.445 e. The van der Waals surface area contributed by atoms with E-state index in [-0.39, 0.29) is 12.4 Å². The van der Waals surface area contributed by atoms with Crippen molar-refractivity contribution < 1.29 is 23.5 Å². The van der Waals surface area contributed by atoms with Gasteiger partial charge in [-0.25, -0.2) is 14.4 Å². The quantitative estimate of drug-likeness (QED) is 0.175. The zero-order chi connectivity index (χ0) is 24.1. The number of hydrogen-bond acceptors (Lipinski definition) is 6. The Labute approximate surface area is 196 Å². The molecule has 0 aliphatic heterocycles. The SMILES string of the molecule is CCC[C@@H](NC(=O)OCc1ccccc1)C(=O)Oc1cc(C)c2c(c1)oc(=O)c1ccccc12. The maximum absolute atomic E-state index is 12.9. The Bertz CT molecular complexity index is 1390. The van der Waals surface area contributed by atoms with Crippen LogP contribution in [0.15, 0.2) is 75.9 Å². The Morgan fingerprint density at radius 1 is 1.00 bits per heavy atom. The predicted molar refractivity (Wildman–Crippen MR) is 129 cm³/mol. The number of hydrogen-bond donors (Lipinski definition) is 1. The van der Waals surface area contributed by atoms with Crippen molar-refractivity contribution in [2.24, 2.45) is 0 Å². The van der Waals surface area contributed by atoms with E-state index in [0.717, 1.165) is 21.9 Å². The second-order valence-corrected chi connectivity index (χ2v) is 8.02. The topological polar surface area (TPSA) is 94.8 Å². The number of amides is 1. The Hall–Kier alpha value is -4.13. The van der Waals surface area contributed by atoms with E-state index in [1.807, 2.05) is 56.3 Å². The van der Waals surface area contributed by atoms with Gasteiger partial charge in [0.1, 0.15) is 24.0 Å². The lowest BCUT2D eigenvalue weighted by Crippen LogP contribution is -2.43. The summed E-state index contributed by atoms with van der Waals surface area (Å²) in [4.78, 5) is 37.5. The Morgan fingerprint density at radius 2 is 1.71 bits per heavy atom. The molecule has 34 heavy (non-hydrogen) atoms. The summed E-state index contributed by atoms with van der Waals surface area (Å²) in [5, 5.41) is 4.63. The van der Waals surface area contributed by atoms with Gasteiger partial charge in [0.25, 0.3) is 0 Å². The summed E-state index contributed by atoms with van der Waals surface area (Å²) < 4.78 is 16.3. The van der Waals surface area contributed by atoms with Gasteiger partial charge < -0.3 is 19.2 Å². The first kappa shape index (κ1) is 23.0. The van der Waals surface area contributed by atoms with Gasteiger partial charge in [-0.1, -0.05) is 61.9 Å². The molecule has 0 saturated heterocycles. The number of ether oxygens (including phenoxy) is 2. The van der Waals surface area contributed by atoms with Crippen molar-refractivity contribution in [3.8, 4) is 5.75 Å². The molecule has 1 heterocycles. The number of nitrogens with one attached hydrogen (secondary N) is 1. The van der Waals surface area contributed by atoms with Crippen molar-refractivity contribution in [2.75, 3.05) is 0 Å². The van der Waals surface area contributed by atoms with Crippen LogP contribution < -0.4 is 15.7 Å². The highest BCUT2D eigenvalue weighted by Crippen LogP contribution is 2.30. The zero-order valence-electron chi connectivity index (χ0n) is 19.0. The van der Waals surface area contributed by atoms with Crippen molar-refractivity contribution in [1.82, 2.24) is 5.32 Å². The van der Waals surface area contributed by atoms with Crippen molar-refractivity contribution in [3.05, 3.63) is 88.3 Å². The van der Waals surface area contributed by atoms with Gasteiger partial charge in [0.2, 0.25) is 0 Å². The average Bonchev–Trinajstić information content (AvgIpc) is 2.83.